The molecule has 1 saturated carbocycles. The summed E-state index contributed by atoms with van der Waals surface area (Å²) in [6, 6.07) is 5.68. The van der Waals surface area contributed by atoms with Crippen LogP contribution in [0.15, 0.2) is 18.2 Å². The van der Waals surface area contributed by atoms with Crippen molar-refractivity contribution in [2.45, 2.75) is 32.2 Å². The maximum absolute atomic E-state index is 5.62. The summed E-state index contributed by atoms with van der Waals surface area (Å²) in [5.41, 5.74) is 5.76. The molecule has 0 radical (unpaired) electrons. The van der Waals surface area contributed by atoms with Gasteiger partial charge < -0.3 is 11.1 Å². The molecule has 1 aromatic rings. The molecular formula is C11H17N3. The van der Waals surface area contributed by atoms with E-state index in [1.807, 2.05) is 12.1 Å². The molecule has 3 nitrogen and oxygen atoms in total. The Balaban J connectivity index is 2.09. The van der Waals surface area contributed by atoms with E-state index in [0.717, 1.165) is 11.7 Å². The molecule has 1 aliphatic rings. The van der Waals surface area contributed by atoms with Crippen LogP contribution < -0.4 is 11.1 Å². The lowest BCUT2D eigenvalue weighted by Crippen LogP contribution is -2.33. The summed E-state index contributed by atoms with van der Waals surface area (Å²) in [6.45, 7) is 4.44. The van der Waals surface area contributed by atoms with Crippen molar-refractivity contribution < 1.29 is 0 Å². The van der Waals surface area contributed by atoms with Crippen LogP contribution in [0.2, 0.25) is 0 Å². The van der Waals surface area contributed by atoms with Gasteiger partial charge in [-0.2, -0.15) is 0 Å². The lowest BCUT2D eigenvalue weighted by atomic mass is 9.99. The number of rotatable bonds is 3. The smallest absolute Gasteiger partial charge is 0.128 e. The second-order valence-electron chi connectivity index (χ2n) is 4.57. The fourth-order valence-corrected chi connectivity index (χ4v) is 1.76. The van der Waals surface area contributed by atoms with E-state index in [4.69, 9.17) is 5.73 Å². The summed E-state index contributed by atoms with van der Waals surface area (Å²) in [7, 11) is 0. The number of nitrogens with one attached hydrogen (secondary N) is 1. The molecule has 0 aromatic carbocycles. The topological polar surface area (TPSA) is 50.9 Å². The molecule has 3 N–H and O–H groups in total. The van der Waals surface area contributed by atoms with Gasteiger partial charge in [0.1, 0.15) is 11.6 Å². The number of nitrogens with zero attached hydrogens (tertiary/aromatic N) is 1. The summed E-state index contributed by atoms with van der Waals surface area (Å²) in [5.74, 6) is 2.23. The highest BCUT2D eigenvalue weighted by atomic mass is 15.1. The van der Waals surface area contributed by atoms with E-state index in [1.54, 1.807) is 6.07 Å². The molecule has 3 heteroatoms. The molecule has 0 atom stereocenters. The Morgan fingerprint density at radius 1 is 1.43 bits per heavy atom. The number of hydrogen-bond donors (Lipinski definition) is 2. The highest BCUT2D eigenvalue weighted by Gasteiger charge is 2.37. The van der Waals surface area contributed by atoms with Gasteiger partial charge in [-0.3, -0.25) is 0 Å². The Labute approximate surface area is 84.7 Å². The summed E-state index contributed by atoms with van der Waals surface area (Å²) in [6.07, 6.45) is 2.64. The molecule has 76 valence electrons. The molecule has 0 saturated heterocycles. The molecule has 1 heterocycles. The van der Waals surface area contributed by atoms with Crippen molar-refractivity contribution in [2.75, 3.05) is 11.1 Å². The van der Waals surface area contributed by atoms with E-state index in [1.165, 1.54) is 12.8 Å². The van der Waals surface area contributed by atoms with E-state index in [2.05, 4.69) is 24.1 Å². The molecule has 0 unspecified atom stereocenters. The molecule has 1 aliphatic carbocycles. The maximum Gasteiger partial charge on any atom is 0.128 e. The lowest BCUT2D eigenvalue weighted by Gasteiger charge is -2.26. The van der Waals surface area contributed by atoms with Gasteiger partial charge in [-0.25, -0.2) is 4.98 Å². The van der Waals surface area contributed by atoms with Gasteiger partial charge in [-0.15, -0.1) is 0 Å². The van der Waals surface area contributed by atoms with E-state index >= 15 is 0 Å². The number of nitrogens with two attached hydrogens (primary N) is 1. The number of pyridine rings is 1. The first-order chi connectivity index (χ1) is 6.58. The van der Waals surface area contributed by atoms with Crippen molar-refractivity contribution in [3.63, 3.8) is 0 Å². The van der Waals surface area contributed by atoms with E-state index in [0.29, 0.717) is 5.82 Å². The summed E-state index contributed by atoms with van der Waals surface area (Å²) in [4.78, 5) is 4.24. The van der Waals surface area contributed by atoms with E-state index < -0.39 is 0 Å². The minimum atomic E-state index is 0.140. The molecule has 0 aliphatic heterocycles. The van der Waals surface area contributed by atoms with Gasteiger partial charge in [-0.1, -0.05) is 6.07 Å². The standard InChI is InChI=1S/C11H17N3/c1-11(2,8-6-7-8)14-10-5-3-4-9(12)13-10/h3-5,8H,6-7H2,1-2H3,(H3,12,13,14). The predicted octanol–water partition coefficient (Wildman–Crippen LogP) is 2.26. The minimum absolute atomic E-state index is 0.140. The Bertz CT molecular complexity index is 329. The predicted molar refractivity (Wildman–Crippen MR) is 59.1 cm³/mol. The fraction of sp³-hybridized carbons (Fsp3) is 0.545. The molecular weight excluding hydrogens is 174 g/mol. The molecule has 14 heavy (non-hydrogen) atoms. The molecule has 0 spiro atoms. The van der Waals surface area contributed by atoms with Crippen LogP contribution in [-0.4, -0.2) is 10.5 Å². The zero-order valence-electron chi connectivity index (χ0n) is 8.75. The molecule has 1 aromatic heterocycles. The van der Waals surface area contributed by atoms with Crippen LogP contribution in [0.3, 0.4) is 0 Å². The normalized spacial score (nSPS) is 16.7. The quantitative estimate of drug-likeness (QED) is 0.770. The van der Waals surface area contributed by atoms with Crippen LogP contribution in [0.5, 0.6) is 0 Å². The average Bonchev–Trinajstić information content (AvgIpc) is 2.84. The zero-order valence-corrected chi connectivity index (χ0v) is 8.75. The molecule has 2 rings (SSSR count). The molecule has 0 amide bonds. The molecule has 1 fully saturated rings. The number of anilines is 2. The number of nitrogen functional groups attached to an aromatic ring is 1. The third-order valence-electron chi connectivity index (χ3n) is 2.82. The Hall–Kier alpha value is -1.25. The van der Waals surface area contributed by atoms with Crippen molar-refractivity contribution in [3.05, 3.63) is 18.2 Å². The summed E-state index contributed by atoms with van der Waals surface area (Å²) < 4.78 is 0. The van der Waals surface area contributed by atoms with Crippen molar-refractivity contribution >= 4 is 11.6 Å². The van der Waals surface area contributed by atoms with Gasteiger partial charge in [0, 0.05) is 5.54 Å². The van der Waals surface area contributed by atoms with Gasteiger partial charge in [-0.05, 0) is 44.7 Å². The fourth-order valence-electron chi connectivity index (χ4n) is 1.76. The van der Waals surface area contributed by atoms with Crippen LogP contribution in [0.4, 0.5) is 11.6 Å². The van der Waals surface area contributed by atoms with Gasteiger partial charge in [0.2, 0.25) is 0 Å². The van der Waals surface area contributed by atoms with E-state index in [-0.39, 0.29) is 5.54 Å². The van der Waals surface area contributed by atoms with Gasteiger partial charge in [0.15, 0.2) is 0 Å². The number of hydrogen-bond acceptors (Lipinski definition) is 3. The van der Waals surface area contributed by atoms with Crippen molar-refractivity contribution in [1.29, 1.82) is 0 Å². The van der Waals surface area contributed by atoms with Crippen LogP contribution in [0.25, 0.3) is 0 Å². The first kappa shape index (κ1) is 9.31. The van der Waals surface area contributed by atoms with Crippen LogP contribution in [0, 0.1) is 5.92 Å². The zero-order chi connectivity index (χ0) is 10.2. The summed E-state index contributed by atoms with van der Waals surface area (Å²) in [5, 5.41) is 3.43. The van der Waals surface area contributed by atoms with Crippen LogP contribution in [-0.2, 0) is 0 Å². The Morgan fingerprint density at radius 3 is 2.71 bits per heavy atom. The maximum atomic E-state index is 5.62. The van der Waals surface area contributed by atoms with Crippen molar-refractivity contribution in [3.8, 4) is 0 Å². The highest BCUT2D eigenvalue weighted by Crippen LogP contribution is 2.40. The third kappa shape index (κ3) is 1.97. The van der Waals surface area contributed by atoms with Gasteiger partial charge in [0.05, 0.1) is 0 Å². The Kier molecular flexibility index (Phi) is 2.10. The highest BCUT2D eigenvalue weighted by molar-refractivity contribution is 5.44. The minimum Gasteiger partial charge on any atom is -0.384 e. The first-order valence-electron chi connectivity index (χ1n) is 5.09. The SMILES string of the molecule is CC(C)(Nc1cccc(N)n1)C1CC1. The first-order valence-corrected chi connectivity index (χ1v) is 5.09. The largest absolute Gasteiger partial charge is 0.384 e. The third-order valence-corrected chi connectivity index (χ3v) is 2.82. The molecule has 0 bridgehead atoms. The van der Waals surface area contributed by atoms with Crippen molar-refractivity contribution in [2.24, 2.45) is 5.92 Å². The van der Waals surface area contributed by atoms with Crippen molar-refractivity contribution in [1.82, 2.24) is 4.98 Å². The lowest BCUT2D eigenvalue weighted by molar-refractivity contribution is 0.493. The van der Waals surface area contributed by atoms with Gasteiger partial charge >= 0.3 is 0 Å². The van der Waals surface area contributed by atoms with Crippen LogP contribution >= 0.6 is 0 Å². The summed E-state index contributed by atoms with van der Waals surface area (Å²) >= 11 is 0. The average molecular weight is 191 g/mol. The van der Waals surface area contributed by atoms with Gasteiger partial charge in [0.25, 0.3) is 0 Å². The monoisotopic (exact) mass is 191 g/mol. The van der Waals surface area contributed by atoms with Crippen LogP contribution in [0.1, 0.15) is 26.7 Å². The van der Waals surface area contributed by atoms with E-state index in [9.17, 15) is 0 Å². The Morgan fingerprint density at radius 2 is 2.14 bits per heavy atom. The second kappa shape index (κ2) is 3.15. The number of aromatic nitrogens is 1. The second-order valence-corrected chi connectivity index (χ2v) is 4.57.